The summed E-state index contributed by atoms with van der Waals surface area (Å²) in [7, 11) is 0. The summed E-state index contributed by atoms with van der Waals surface area (Å²) in [5, 5.41) is 0. The van der Waals surface area contributed by atoms with Crippen LogP contribution in [0.1, 0.15) is 66.2 Å². The molecule has 0 aromatic heterocycles. The second-order valence-electron chi connectivity index (χ2n) is 5.25. The van der Waals surface area contributed by atoms with Crippen molar-refractivity contribution in [1.82, 2.24) is 0 Å². The molecular weight excluding hydrogens is 224 g/mol. The van der Waals surface area contributed by atoms with Crippen LogP contribution in [0.2, 0.25) is 0 Å². The second-order valence-corrected chi connectivity index (χ2v) is 5.25. The molecule has 0 aromatic carbocycles. The molecule has 0 N–H and O–H groups in total. The zero-order valence-corrected chi connectivity index (χ0v) is 12.6. The first-order chi connectivity index (χ1) is 8.61. The van der Waals surface area contributed by atoms with Crippen LogP contribution >= 0.6 is 0 Å². The van der Waals surface area contributed by atoms with E-state index in [9.17, 15) is 4.79 Å². The number of hydrogen-bond acceptors (Lipinski definition) is 2. The molecule has 0 amide bonds. The molecular formula is C16H30O2. The van der Waals surface area contributed by atoms with Crippen molar-refractivity contribution in [2.45, 2.75) is 66.2 Å². The third-order valence-electron chi connectivity index (χ3n) is 3.10. The molecule has 0 spiro atoms. The lowest BCUT2D eigenvalue weighted by molar-refractivity contribution is -0.149. The van der Waals surface area contributed by atoms with Gasteiger partial charge in [-0.3, -0.25) is 4.79 Å². The molecule has 0 aliphatic carbocycles. The monoisotopic (exact) mass is 254 g/mol. The van der Waals surface area contributed by atoms with Gasteiger partial charge in [-0.05, 0) is 25.2 Å². The smallest absolute Gasteiger partial charge is 0.308 e. The van der Waals surface area contributed by atoms with Crippen LogP contribution in [0.4, 0.5) is 0 Å². The molecule has 2 atom stereocenters. The Morgan fingerprint density at radius 2 is 1.89 bits per heavy atom. The van der Waals surface area contributed by atoms with Gasteiger partial charge >= 0.3 is 5.97 Å². The zero-order chi connectivity index (χ0) is 13.8. The number of carbonyl (C=O) groups is 1. The molecule has 18 heavy (non-hydrogen) atoms. The van der Waals surface area contributed by atoms with Gasteiger partial charge in [-0.25, -0.2) is 0 Å². The van der Waals surface area contributed by atoms with Crippen LogP contribution < -0.4 is 0 Å². The molecule has 106 valence electrons. The van der Waals surface area contributed by atoms with Gasteiger partial charge in [0, 0.05) is 0 Å². The largest absolute Gasteiger partial charge is 0.465 e. The molecule has 0 aliphatic heterocycles. The van der Waals surface area contributed by atoms with Crippen molar-refractivity contribution in [2.75, 3.05) is 6.61 Å². The number of rotatable bonds is 10. The SMILES string of the molecule is CC/C=C\CC(C)C(=O)OCC(C)CCCCC. The van der Waals surface area contributed by atoms with Crippen molar-refractivity contribution in [2.24, 2.45) is 11.8 Å². The second kappa shape index (κ2) is 11.3. The summed E-state index contributed by atoms with van der Waals surface area (Å²) < 4.78 is 5.35. The van der Waals surface area contributed by atoms with Crippen molar-refractivity contribution < 1.29 is 9.53 Å². The minimum Gasteiger partial charge on any atom is -0.465 e. The highest BCUT2D eigenvalue weighted by Crippen LogP contribution is 2.12. The summed E-state index contributed by atoms with van der Waals surface area (Å²) in [6.07, 6.45) is 10.9. The van der Waals surface area contributed by atoms with Gasteiger partial charge in [-0.2, -0.15) is 0 Å². The standard InChI is InChI=1S/C16H30O2/c1-5-7-9-11-14(3)13-18-16(17)15(4)12-10-8-6-2/h8,10,14-15H,5-7,9,11-13H2,1-4H3/b10-8-. The molecule has 2 unspecified atom stereocenters. The number of unbranched alkanes of at least 4 members (excludes halogenated alkanes) is 2. The summed E-state index contributed by atoms with van der Waals surface area (Å²) in [6, 6.07) is 0. The Balaban J connectivity index is 3.70. The Morgan fingerprint density at radius 3 is 2.50 bits per heavy atom. The van der Waals surface area contributed by atoms with E-state index < -0.39 is 0 Å². The summed E-state index contributed by atoms with van der Waals surface area (Å²) >= 11 is 0. The van der Waals surface area contributed by atoms with Gasteiger partial charge in [0.2, 0.25) is 0 Å². The van der Waals surface area contributed by atoms with Crippen molar-refractivity contribution >= 4 is 5.97 Å². The average molecular weight is 254 g/mol. The topological polar surface area (TPSA) is 26.3 Å². The summed E-state index contributed by atoms with van der Waals surface area (Å²) in [4.78, 5) is 11.7. The molecule has 0 radical (unpaired) electrons. The number of allylic oxidation sites excluding steroid dienone is 2. The number of hydrogen-bond donors (Lipinski definition) is 0. The number of esters is 1. The maximum atomic E-state index is 11.7. The summed E-state index contributed by atoms with van der Waals surface area (Å²) in [5.74, 6) is 0.410. The molecule has 0 saturated carbocycles. The maximum Gasteiger partial charge on any atom is 0.308 e. The minimum absolute atomic E-state index is 0.0179. The van der Waals surface area contributed by atoms with E-state index in [0.29, 0.717) is 12.5 Å². The van der Waals surface area contributed by atoms with Crippen LogP contribution in [-0.2, 0) is 9.53 Å². The van der Waals surface area contributed by atoms with Gasteiger partial charge in [0.15, 0.2) is 0 Å². The van der Waals surface area contributed by atoms with Gasteiger partial charge in [0.05, 0.1) is 12.5 Å². The Morgan fingerprint density at radius 1 is 1.17 bits per heavy atom. The van der Waals surface area contributed by atoms with Crippen LogP contribution in [0, 0.1) is 11.8 Å². The fourth-order valence-corrected chi connectivity index (χ4v) is 1.76. The van der Waals surface area contributed by atoms with Crippen LogP contribution in [-0.4, -0.2) is 12.6 Å². The molecule has 0 heterocycles. The highest BCUT2D eigenvalue weighted by atomic mass is 16.5. The normalized spacial score (nSPS) is 14.7. The summed E-state index contributed by atoms with van der Waals surface area (Å²) in [6.45, 7) is 8.96. The van der Waals surface area contributed by atoms with E-state index >= 15 is 0 Å². The van der Waals surface area contributed by atoms with E-state index in [-0.39, 0.29) is 11.9 Å². The van der Waals surface area contributed by atoms with Gasteiger partial charge in [-0.15, -0.1) is 0 Å². The van der Waals surface area contributed by atoms with E-state index in [2.05, 4.69) is 32.9 Å². The Bertz CT molecular complexity index is 233. The Labute approximate surface area is 113 Å². The summed E-state index contributed by atoms with van der Waals surface area (Å²) in [5.41, 5.74) is 0. The third kappa shape index (κ3) is 9.26. The first-order valence-electron chi connectivity index (χ1n) is 7.43. The van der Waals surface area contributed by atoms with Crippen LogP contribution in [0.15, 0.2) is 12.2 Å². The Kier molecular flexibility index (Phi) is 10.8. The van der Waals surface area contributed by atoms with E-state index in [4.69, 9.17) is 4.74 Å². The third-order valence-corrected chi connectivity index (χ3v) is 3.10. The number of carbonyl (C=O) groups excluding carboxylic acids is 1. The predicted octanol–water partition coefficient (Wildman–Crippen LogP) is 4.74. The van der Waals surface area contributed by atoms with Gasteiger partial charge in [0.1, 0.15) is 0 Å². The first kappa shape index (κ1) is 17.2. The first-order valence-corrected chi connectivity index (χ1v) is 7.43. The molecule has 0 fully saturated rings. The van der Waals surface area contributed by atoms with Crippen molar-refractivity contribution in [1.29, 1.82) is 0 Å². The molecule has 0 bridgehead atoms. The molecule has 0 rings (SSSR count). The maximum absolute atomic E-state index is 11.7. The average Bonchev–Trinajstić information content (AvgIpc) is 2.36. The Hall–Kier alpha value is -0.790. The zero-order valence-electron chi connectivity index (χ0n) is 12.6. The van der Waals surface area contributed by atoms with E-state index in [1.165, 1.54) is 19.3 Å². The predicted molar refractivity (Wildman–Crippen MR) is 77.5 cm³/mol. The lowest BCUT2D eigenvalue weighted by atomic mass is 10.0. The minimum atomic E-state index is -0.0573. The molecule has 2 heteroatoms. The van der Waals surface area contributed by atoms with Crippen LogP contribution in [0.25, 0.3) is 0 Å². The lowest BCUT2D eigenvalue weighted by Gasteiger charge is -2.14. The molecule has 0 aromatic rings. The molecule has 0 aliphatic rings. The van der Waals surface area contributed by atoms with Gasteiger partial charge in [0.25, 0.3) is 0 Å². The lowest BCUT2D eigenvalue weighted by Crippen LogP contribution is -2.18. The van der Waals surface area contributed by atoms with E-state index in [1.54, 1.807) is 0 Å². The molecule has 0 saturated heterocycles. The number of ether oxygens (including phenoxy) is 1. The highest BCUT2D eigenvalue weighted by molar-refractivity contribution is 5.72. The van der Waals surface area contributed by atoms with Crippen LogP contribution in [0.3, 0.4) is 0 Å². The highest BCUT2D eigenvalue weighted by Gasteiger charge is 2.14. The van der Waals surface area contributed by atoms with E-state index in [1.807, 2.05) is 6.92 Å². The van der Waals surface area contributed by atoms with Crippen molar-refractivity contribution in [3.05, 3.63) is 12.2 Å². The van der Waals surface area contributed by atoms with Gasteiger partial charge < -0.3 is 4.74 Å². The van der Waals surface area contributed by atoms with Crippen molar-refractivity contribution in [3.63, 3.8) is 0 Å². The fourth-order valence-electron chi connectivity index (χ4n) is 1.76. The fraction of sp³-hybridized carbons (Fsp3) is 0.812. The van der Waals surface area contributed by atoms with Crippen molar-refractivity contribution in [3.8, 4) is 0 Å². The molecule has 2 nitrogen and oxygen atoms in total. The van der Waals surface area contributed by atoms with Gasteiger partial charge in [-0.1, -0.05) is 59.1 Å². The van der Waals surface area contributed by atoms with E-state index in [0.717, 1.165) is 19.3 Å². The quantitative estimate of drug-likeness (QED) is 0.320. The van der Waals surface area contributed by atoms with Crippen LogP contribution in [0.5, 0.6) is 0 Å².